The van der Waals surface area contributed by atoms with Crippen molar-refractivity contribution in [2.45, 2.75) is 58.3 Å². The Morgan fingerprint density at radius 3 is 2.55 bits per heavy atom. The summed E-state index contributed by atoms with van der Waals surface area (Å²) in [4.78, 5) is 22.3. The summed E-state index contributed by atoms with van der Waals surface area (Å²) in [5.41, 5.74) is -0.492. The summed E-state index contributed by atoms with van der Waals surface area (Å²) in [7, 11) is 0. The first-order chi connectivity index (χ1) is 10.3. The van der Waals surface area contributed by atoms with Crippen molar-refractivity contribution in [3.8, 4) is 0 Å². The van der Waals surface area contributed by atoms with Gasteiger partial charge in [0.05, 0.1) is 18.8 Å². The van der Waals surface area contributed by atoms with E-state index >= 15 is 0 Å². The smallest absolute Gasteiger partial charge is 0.407 e. The molecule has 1 fully saturated rings. The number of hydrogen-bond acceptors (Lipinski definition) is 6. The third kappa shape index (κ3) is 8.84. The summed E-state index contributed by atoms with van der Waals surface area (Å²) in [6.07, 6.45) is 1.43. The van der Waals surface area contributed by atoms with Crippen molar-refractivity contribution >= 4 is 12.1 Å². The molecule has 1 rings (SSSR count). The number of hydrogen-bond donors (Lipinski definition) is 2. The molecular formula is C15H28N2O5. The van der Waals surface area contributed by atoms with Gasteiger partial charge in [0.25, 0.3) is 0 Å². The highest BCUT2D eigenvalue weighted by Crippen LogP contribution is 2.14. The Bertz CT molecular complexity index is 359. The average Bonchev–Trinajstić information content (AvgIpc) is 2.37. The van der Waals surface area contributed by atoms with Crippen LogP contribution in [0.5, 0.6) is 0 Å². The van der Waals surface area contributed by atoms with Gasteiger partial charge in [0.1, 0.15) is 12.2 Å². The van der Waals surface area contributed by atoms with Crippen molar-refractivity contribution in [3.05, 3.63) is 0 Å². The lowest BCUT2D eigenvalue weighted by Crippen LogP contribution is -2.46. The largest absolute Gasteiger partial charge is 0.465 e. The van der Waals surface area contributed by atoms with Gasteiger partial charge in [0, 0.05) is 20.0 Å². The number of amides is 1. The SMILES string of the molecule is CC(=O)OCCNC[C@@H]1CC[C@@H](NC(=O)OC(C)(C)C)CO1. The number of carbonyl (C=O) groups is 2. The first kappa shape index (κ1) is 18.7. The van der Waals surface area contributed by atoms with Gasteiger partial charge in [0.2, 0.25) is 0 Å². The van der Waals surface area contributed by atoms with E-state index in [-0.39, 0.29) is 18.1 Å². The second-order valence-electron chi connectivity index (χ2n) is 6.42. The zero-order valence-electron chi connectivity index (χ0n) is 13.9. The molecule has 22 heavy (non-hydrogen) atoms. The molecule has 0 spiro atoms. The Labute approximate surface area is 132 Å². The molecule has 2 atom stereocenters. The molecule has 1 aliphatic rings. The van der Waals surface area contributed by atoms with Crippen LogP contribution in [0.15, 0.2) is 0 Å². The molecule has 0 unspecified atom stereocenters. The van der Waals surface area contributed by atoms with Crippen LogP contribution in [-0.4, -0.2) is 56.1 Å². The molecule has 0 radical (unpaired) electrons. The van der Waals surface area contributed by atoms with Crippen LogP contribution < -0.4 is 10.6 Å². The Kier molecular flexibility index (Phi) is 7.61. The maximum atomic E-state index is 11.7. The summed E-state index contributed by atoms with van der Waals surface area (Å²) >= 11 is 0. The molecule has 0 aromatic heterocycles. The van der Waals surface area contributed by atoms with Crippen molar-refractivity contribution in [1.29, 1.82) is 0 Å². The lowest BCUT2D eigenvalue weighted by Gasteiger charge is -2.30. The van der Waals surface area contributed by atoms with Gasteiger partial charge in [-0.3, -0.25) is 4.79 Å². The number of ether oxygens (including phenoxy) is 3. The van der Waals surface area contributed by atoms with Crippen LogP contribution in [-0.2, 0) is 19.0 Å². The van der Waals surface area contributed by atoms with Crippen molar-refractivity contribution in [2.24, 2.45) is 0 Å². The molecule has 0 aliphatic carbocycles. The van der Waals surface area contributed by atoms with Crippen LogP contribution in [0.25, 0.3) is 0 Å². The van der Waals surface area contributed by atoms with Crippen LogP contribution >= 0.6 is 0 Å². The Morgan fingerprint density at radius 1 is 1.27 bits per heavy atom. The van der Waals surface area contributed by atoms with Gasteiger partial charge in [-0.15, -0.1) is 0 Å². The van der Waals surface area contributed by atoms with E-state index in [4.69, 9.17) is 14.2 Å². The zero-order valence-corrected chi connectivity index (χ0v) is 13.9. The minimum atomic E-state index is -0.492. The molecule has 1 aliphatic heterocycles. The minimum Gasteiger partial charge on any atom is -0.465 e. The predicted molar refractivity (Wildman–Crippen MR) is 81.6 cm³/mol. The zero-order chi connectivity index (χ0) is 16.6. The minimum absolute atomic E-state index is 0.00727. The quantitative estimate of drug-likeness (QED) is 0.566. The maximum absolute atomic E-state index is 11.7. The van der Waals surface area contributed by atoms with Crippen molar-refractivity contribution < 1.29 is 23.8 Å². The van der Waals surface area contributed by atoms with E-state index in [1.807, 2.05) is 20.8 Å². The summed E-state index contributed by atoms with van der Waals surface area (Å²) in [6, 6.07) is -0.00727. The van der Waals surface area contributed by atoms with Crippen LogP contribution in [0, 0.1) is 0 Å². The van der Waals surface area contributed by atoms with Crippen molar-refractivity contribution in [1.82, 2.24) is 10.6 Å². The molecular weight excluding hydrogens is 288 g/mol. The maximum Gasteiger partial charge on any atom is 0.407 e. The van der Waals surface area contributed by atoms with E-state index in [9.17, 15) is 9.59 Å². The van der Waals surface area contributed by atoms with E-state index in [1.54, 1.807) is 0 Å². The summed E-state index contributed by atoms with van der Waals surface area (Å²) in [6.45, 7) is 9.06. The van der Waals surface area contributed by atoms with Gasteiger partial charge < -0.3 is 24.8 Å². The molecule has 0 aromatic rings. The first-order valence-corrected chi connectivity index (χ1v) is 7.71. The molecule has 1 saturated heterocycles. The fourth-order valence-corrected chi connectivity index (χ4v) is 2.09. The van der Waals surface area contributed by atoms with E-state index in [0.717, 1.165) is 12.8 Å². The Morgan fingerprint density at radius 2 is 2.00 bits per heavy atom. The summed E-state index contributed by atoms with van der Waals surface area (Å²) in [5, 5.41) is 6.00. The van der Waals surface area contributed by atoms with Crippen LogP contribution in [0.3, 0.4) is 0 Å². The van der Waals surface area contributed by atoms with Crippen molar-refractivity contribution in [3.63, 3.8) is 0 Å². The number of nitrogens with one attached hydrogen (secondary N) is 2. The molecule has 1 heterocycles. The number of carbonyl (C=O) groups excluding carboxylic acids is 2. The van der Waals surface area contributed by atoms with Crippen LogP contribution in [0.2, 0.25) is 0 Å². The standard InChI is InChI=1S/C15H28N2O5/c1-11(18)20-8-7-16-9-13-6-5-12(10-21-13)17-14(19)22-15(2,3)4/h12-13,16H,5-10H2,1-4H3,(H,17,19)/t12-,13+/m1/s1. The second kappa shape index (κ2) is 8.95. The molecule has 0 saturated carbocycles. The third-order valence-corrected chi connectivity index (χ3v) is 3.05. The van der Waals surface area contributed by atoms with E-state index in [1.165, 1.54) is 6.92 Å². The van der Waals surface area contributed by atoms with Gasteiger partial charge >= 0.3 is 12.1 Å². The highest BCUT2D eigenvalue weighted by atomic mass is 16.6. The molecule has 2 N–H and O–H groups in total. The van der Waals surface area contributed by atoms with Crippen molar-refractivity contribution in [2.75, 3.05) is 26.3 Å². The lowest BCUT2D eigenvalue weighted by atomic mass is 10.1. The molecule has 1 amide bonds. The Balaban J connectivity index is 2.10. The van der Waals surface area contributed by atoms with Gasteiger partial charge in [0.15, 0.2) is 0 Å². The normalized spacial score (nSPS) is 22.0. The summed E-state index contributed by atoms with van der Waals surface area (Å²) < 4.78 is 15.8. The average molecular weight is 316 g/mol. The van der Waals surface area contributed by atoms with Gasteiger partial charge in [-0.05, 0) is 33.6 Å². The fraction of sp³-hybridized carbons (Fsp3) is 0.867. The van der Waals surface area contributed by atoms with E-state index in [0.29, 0.717) is 26.3 Å². The number of rotatable bonds is 6. The molecule has 0 bridgehead atoms. The van der Waals surface area contributed by atoms with Crippen LogP contribution in [0.4, 0.5) is 4.79 Å². The molecule has 0 aromatic carbocycles. The number of esters is 1. The molecule has 7 nitrogen and oxygen atoms in total. The molecule has 128 valence electrons. The predicted octanol–water partition coefficient (Wildman–Crippen LogP) is 1.21. The third-order valence-electron chi connectivity index (χ3n) is 3.05. The topological polar surface area (TPSA) is 85.9 Å². The molecule has 7 heteroatoms. The summed E-state index contributed by atoms with van der Waals surface area (Å²) in [5.74, 6) is -0.272. The first-order valence-electron chi connectivity index (χ1n) is 7.71. The lowest BCUT2D eigenvalue weighted by molar-refractivity contribution is -0.140. The van der Waals surface area contributed by atoms with Gasteiger partial charge in [-0.25, -0.2) is 4.79 Å². The highest BCUT2D eigenvalue weighted by molar-refractivity contribution is 5.68. The monoisotopic (exact) mass is 316 g/mol. The van der Waals surface area contributed by atoms with E-state index in [2.05, 4.69) is 10.6 Å². The number of alkyl carbamates (subject to hydrolysis) is 1. The van der Waals surface area contributed by atoms with Crippen LogP contribution in [0.1, 0.15) is 40.5 Å². The van der Waals surface area contributed by atoms with E-state index < -0.39 is 11.7 Å². The highest BCUT2D eigenvalue weighted by Gasteiger charge is 2.24. The second-order valence-corrected chi connectivity index (χ2v) is 6.42. The Hall–Kier alpha value is -1.34. The van der Waals surface area contributed by atoms with Gasteiger partial charge in [-0.1, -0.05) is 0 Å². The van der Waals surface area contributed by atoms with Gasteiger partial charge in [-0.2, -0.15) is 0 Å². The fourth-order valence-electron chi connectivity index (χ4n) is 2.09.